The van der Waals surface area contributed by atoms with Crippen LogP contribution in [-0.2, 0) is 17.9 Å². The minimum atomic E-state index is -0.0464. The topological polar surface area (TPSA) is 45.5 Å². The van der Waals surface area contributed by atoms with Crippen molar-refractivity contribution in [2.24, 2.45) is 5.92 Å². The van der Waals surface area contributed by atoms with E-state index in [1.54, 1.807) is 17.6 Å². The fraction of sp³-hybridized carbons (Fsp3) is 0.400. The zero-order chi connectivity index (χ0) is 14.4. The predicted octanol–water partition coefficient (Wildman–Crippen LogP) is 2.73. The SMILES string of the molecule is CNCC(C)C(=O)N(Cc1ccco1)Cc1cccs1. The average Bonchev–Trinajstić information content (AvgIpc) is 3.10. The van der Waals surface area contributed by atoms with Crippen LogP contribution in [0.5, 0.6) is 0 Å². The number of hydrogen-bond acceptors (Lipinski definition) is 4. The largest absolute Gasteiger partial charge is 0.467 e. The molecule has 2 aromatic heterocycles. The van der Waals surface area contributed by atoms with Crippen LogP contribution in [-0.4, -0.2) is 24.4 Å². The summed E-state index contributed by atoms with van der Waals surface area (Å²) in [6.45, 7) is 3.77. The summed E-state index contributed by atoms with van der Waals surface area (Å²) in [6.07, 6.45) is 1.64. The molecule has 0 aromatic carbocycles. The van der Waals surface area contributed by atoms with Gasteiger partial charge in [-0.15, -0.1) is 11.3 Å². The highest BCUT2D eigenvalue weighted by Gasteiger charge is 2.21. The minimum absolute atomic E-state index is 0.0464. The van der Waals surface area contributed by atoms with Crippen LogP contribution in [0.15, 0.2) is 40.3 Å². The Balaban J connectivity index is 2.08. The second-order valence-electron chi connectivity index (χ2n) is 4.81. The normalized spacial score (nSPS) is 12.3. The van der Waals surface area contributed by atoms with Gasteiger partial charge in [0.15, 0.2) is 0 Å². The van der Waals surface area contributed by atoms with Crippen molar-refractivity contribution in [2.45, 2.75) is 20.0 Å². The van der Waals surface area contributed by atoms with Crippen LogP contribution in [0.2, 0.25) is 0 Å². The average molecular weight is 292 g/mol. The summed E-state index contributed by atoms with van der Waals surface area (Å²) in [5.74, 6) is 0.908. The molecule has 2 heterocycles. The molecule has 0 saturated heterocycles. The molecule has 0 radical (unpaired) electrons. The maximum atomic E-state index is 12.5. The van der Waals surface area contributed by atoms with Gasteiger partial charge in [0.25, 0.3) is 0 Å². The van der Waals surface area contributed by atoms with E-state index in [-0.39, 0.29) is 11.8 Å². The van der Waals surface area contributed by atoms with Crippen molar-refractivity contribution >= 4 is 17.2 Å². The molecular formula is C15H20N2O2S. The summed E-state index contributed by atoms with van der Waals surface area (Å²) in [7, 11) is 1.86. The van der Waals surface area contributed by atoms with Crippen LogP contribution in [0, 0.1) is 5.92 Å². The third-order valence-corrected chi connectivity index (χ3v) is 3.96. The highest BCUT2D eigenvalue weighted by molar-refractivity contribution is 7.09. The highest BCUT2D eigenvalue weighted by Crippen LogP contribution is 2.17. The zero-order valence-electron chi connectivity index (χ0n) is 11.8. The quantitative estimate of drug-likeness (QED) is 0.853. The summed E-state index contributed by atoms with van der Waals surface area (Å²) in [5.41, 5.74) is 0. The number of rotatable bonds is 7. The van der Waals surface area contributed by atoms with E-state index in [0.717, 1.165) is 5.76 Å². The fourth-order valence-corrected chi connectivity index (χ4v) is 2.82. The van der Waals surface area contributed by atoms with Crippen molar-refractivity contribution in [1.29, 1.82) is 0 Å². The number of furan rings is 1. The van der Waals surface area contributed by atoms with Crippen LogP contribution in [0.25, 0.3) is 0 Å². The molecule has 0 aliphatic heterocycles. The second kappa shape index (κ2) is 7.26. The lowest BCUT2D eigenvalue weighted by Gasteiger charge is -2.24. The molecule has 0 spiro atoms. The molecule has 0 bridgehead atoms. The number of thiophene rings is 1. The Labute approximate surface area is 123 Å². The maximum Gasteiger partial charge on any atom is 0.227 e. The third-order valence-electron chi connectivity index (χ3n) is 3.10. The van der Waals surface area contributed by atoms with Crippen molar-refractivity contribution in [3.8, 4) is 0 Å². The molecule has 1 N–H and O–H groups in total. The third kappa shape index (κ3) is 3.95. The van der Waals surface area contributed by atoms with Gasteiger partial charge in [0, 0.05) is 17.3 Å². The van der Waals surface area contributed by atoms with Crippen LogP contribution in [0.1, 0.15) is 17.6 Å². The highest BCUT2D eigenvalue weighted by atomic mass is 32.1. The number of carbonyl (C=O) groups is 1. The first kappa shape index (κ1) is 14.8. The molecule has 2 aromatic rings. The molecule has 1 atom stereocenters. The molecule has 1 amide bonds. The van der Waals surface area contributed by atoms with Crippen molar-refractivity contribution < 1.29 is 9.21 Å². The lowest BCUT2D eigenvalue weighted by Crippen LogP contribution is -2.37. The molecule has 0 aliphatic carbocycles. The Morgan fingerprint density at radius 3 is 2.85 bits per heavy atom. The summed E-state index contributed by atoms with van der Waals surface area (Å²) >= 11 is 1.67. The summed E-state index contributed by atoms with van der Waals surface area (Å²) < 4.78 is 5.37. The number of carbonyl (C=O) groups excluding carboxylic acids is 1. The first-order valence-electron chi connectivity index (χ1n) is 6.69. The molecule has 20 heavy (non-hydrogen) atoms. The smallest absolute Gasteiger partial charge is 0.227 e. The molecular weight excluding hydrogens is 272 g/mol. The van der Waals surface area contributed by atoms with Gasteiger partial charge in [-0.2, -0.15) is 0 Å². The van der Waals surface area contributed by atoms with Crippen molar-refractivity contribution in [2.75, 3.05) is 13.6 Å². The maximum absolute atomic E-state index is 12.5. The van der Waals surface area contributed by atoms with E-state index >= 15 is 0 Å². The van der Waals surface area contributed by atoms with Crippen LogP contribution < -0.4 is 5.32 Å². The predicted molar refractivity (Wildman–Crippen MR) is 80.4 cm³/mol. The van der Waals surface area contributed by atoms with Gasteiger partial charge in [-0.05, 0) is 30.6 Å². The molecule has 5 heteroatoms. The van der Waals surface area contributed by atoms with E-state index in [1.807, 2.05) is 42.5 Å². The Bertz CT molecular complexity index is 472. The van der Waals surface area contributed by atoms with E-state index in [9.17, 15) is 4.79 Å². The number of nitrogens with one attached hydrogen (secondary N) is 1. The van der Waals surface area contributed by atoms with Gasteiger partial charge < -0.3 is 14.6 Å². The summed E-state index contributed by atoms with van der Waals surface area (Å²) in [6, 6.07) is 7.81. The summed E-state index contributed by atoms with van der Waals surface area (Å²) in [4.78, 5) is 15.6. The number of nitrogens with zero attached hydrogens (tertiary/aromatic N) is 1. The van der Waals surface area contributed by atoms with E-state index in [1.165, 1.54) is 4.88 Å². The molecule has 1 unspecified atom stereocenters. The first-order valence-corrected chi connectivity index (χ1v) is 7.57. The Morgan fingerprint density at radius 2 is 2.25 bits per heavy atom. The number of hydrogen-bond donors (Lipinski definition) is 1. The van der Waals surface area contributed by atoms with Crippen LogP contribution >= 0.6 is 11.3 Å². The minimum Gasteiger partial charge on any atom is -0.467 e. The lowest BCUT2D eigenvalue weighted by atomic mass is 10.1. The zero-order valence-corrected chi connectivity index (χ0v) is 12.7. The van der Waals surface area contributed by atoms with Gasteiger partial charge >= 0.3 is 0 Å². The molecule has 4 nitrogen and oxygen atoms in total. The van der Waals surface area contributed by atoms with E-state index in [2.05, 4.69) is 11.4 Å². The molecule has 0 fully saturated rings. The first-order chi connectivity index (χ1) is 9.70. The van der Waals surface area contributed by atoms with Gasteiger partial charge in [-0.25, -0.2) is 0 Å². The van der Waals surface area contributed by atoms with Crippen molar-refractivity contribution in [1.82, 2.24) is 10.2 Å². The standard InChI is InChI=1S/C15H20N2O2S/c1-12(9-16-2)15(18)17(10-13-5-3-7-19-13)11-14-6-4-8-20-14/h3-8,12,16H,9-11H2,1-2H3. The Hall–Kier alpha value is -1.59. The van der Waals surface area contributed by atoms with E-state index in [0.29, 0.717) is 19.6 Å². The van der Waals surface area contributed by atoms with Crippen molar-refractivity contribution in [3.63, 3.8) is 0 Å². The van der Waals surface area contributed by atoms with Crippen LogP contribution in [0.4, 0.5) is 0 Å². The number of amides is 1. The fourth-order valence-electron chi connectivity index (χ4n) is 2.10. The molecule has 2 rings (SSSR count). The monoisotopic (exact) mass is 292 g/mol. The van der Waals surface area contributed by atoms with E-state index in [4.69, 9.17) is 4.42 Å². The lowest BCUT2D eigenvalue weighted by molar-refractivity contribution is -0.136. The molecule has 0 aliphatic rings. The second-order valence-corrected chi connectivity index (χ2v) is 5.84. The van der Waals surface area contributed by atoms with Gasteiger partial charge in [-0.3, -0.25) is 4.79 Å². The van der Waals surface area contributed by atoms with E-state index < -0.39 is 0 Å². The van der Waals surface area contributed by atoms with Gasteiger partial charge in [0.1, 0.15) is 5.76 Å². The van der Waals surface area contributed by atoms with Gasteiger partial charge in [0.2, 0.25) is 5.91 Å². The molecule has 0 saturated carbocycles. The van der Waals surface area contributed by atoms with Gasteiger partial charge in [0.05, 0.1) is 19.4 Å². The van der Waals surface area contributed by atoms with Crippen LogP contribution in [0.3, 0.4) is 0 Å². The van der Waals surface area contributed by atoms with Crippen molar-refractivity contribution in [3.05, 3.63) is 46.5 Å². The Kier molecular flexibility index (Phi) is 5.38. The Morgan fingerprint density at radius 1 is 1.40 bits per heavy atom. The molecule has 108 valence electrons. The van der Waals surface area contributed by atoms with Gasteiger partial charge in [-0.1, -0.05) is 13.0 Å². The summed E-state index contributed by atoms with van der Waals surface area (Å²) in [5, 5.41) is 5.08.